The molecule has 0 spiro atoms. The van der Waals surface area contributed by atoms with Crippen LogP contribution in [0.3, 0.4) is 0 Å². The van der Waals surface area contributed by atoms with Crippen molar-refractivity contribution in [3.63, 3.8) is 0 Å². The minimum absolute atomic E-state index is 0.188. The second kappa shape index (κ2) is 7.47. The fraction of sp³-hybridized carbons (Fsp3) is 0.500. The molecule has 0 saturated heterocycles. The van der Waals surface area contributed by atoms with E-state index >= 15 is 0 Å². The molecule has 0 fully saturated rings. The van der Waals surface area contributed by atoms with Crippen LogP contribution < -0.4 is 5.32 Å². The highest BCUT2D eigenvalue weighted by Crippen LogP contribution is 2.17. The first-order valence-corrected chi connectivity index (χ1v) is 8.84. The van der Waals surface area contributed by atoms with Crippen LogP contribution in [0.5, 0.6) is 0 Å². The molecule has 21 heavy (non-hydrogen) atoms. The summed E-state index contributed by atoms with van der Waals surface area (Å²) in [7, 11) is 0. The molecule has 2 aromatic rings. The minimum Gasteiger partial charge on any atom is -0.312 e. The van der Waals surface area contributed by atoms with Gasteiger partial charge in [0.1, 0.15) is 10.0 Å². The third-order valence-electron chi connectivity index (χ3n) is 3.00. The van der Waals surface area contributed by atoms with Gasteiger partial charge in [0.25, 0.3) is 0 Å². The van der Waals surface area contributed by atoms with Crippen LogP contribution >= 0.6 is 27.3 Å². The van der Waals surface area contributed by atoms with Crippen LogP contribution in [-0.2, 0) is 12.8 Å². The monoisotopic (exact) mass is 367 g/mol. The van der Waals surface area contributed by atoms with Gasteiger partial charge in [0, 0.05) is 22.9 Å². The fourth-order valence-electron chi connectivity index (χ4n) is 1.94. The first-order valence-electron chi connectivity index (χ1n) is 7.23. The van der Waals surface area contributed by atoms with E-state index in [2.05, 4.69) is 76.5 Å². The quantitative estimate of drug-likeness (QED) is 0.776. The van der Waals surface area contributed by atoms with E-state index in [-0.39, 0.29) is 5.54 Å². The molecule has 1 heterocycles. The Kier molecular flexibility index (Phi) is 5.90. The zero-order valence-corrected chi connectivity index (χ0v) is 15.2. The maximum Gasteiger partial charge on any atom is 0.121 e. The third kappa shape index (κ3) is 6.24. The lowest BCUT2D eigenvalue weighted by atomic mass is 10.1. The number of aromatic nitrogens is 2. The van der Waals surface area contributed by atoms with Gasteiger partial charge in [-0.1, -0.05) is 28.1 Å². The number of hydrogen-bond donors (Lipinski definition) is 1. The Morgan fingerprint density at radius 3 is 2.43 bits per heavy atom. The molecule has 0 unspecified atom stereocenters. The lowest BCUT2D eigenvalue weighted by Crippen LogP contribution is -2.36. The van der Waals surface area contributed by atoms with Crippen molar-refractivity contribution < 1.29 is 0 Å². The highest BCUT2D eigenvalue weighted by atomic mass is 79.9. The summed E-state index contributed by atoms with van der Waals surface area (Å²) in [6, 6.07) is 8.38. The summed E-state index contributed by atoms with van der Waals surface area (Å²) in [5, 5.41) is 14.3. The van der Waals surface area contributed by atoms with Crippen molar-refractivity contribution in [2.24, 2.45) is 0 Å². The van der Waals surface area contributed by atoms with Crippen LogP contribution in [0.25, 0.3) is 0 Å². The van der Waals surface area contributed by atoms with Crippen LogP contribution in [0.2, 0.25) is 0 Å². The zero-order valence-electron chi connectivity index (χ0n) is 12.8. The maximum absolute atomic E-state index is 4.30. The summed E-state index contributed by atoms with van der Waals surface area (Å²) >= 11 is 5.18. The molecule has 0 radical (unpaired) electrons. The van der Waals surface area contributed by atoms with E-state index in [0.717, 1.165) is 40.3 Å². The van der Waals surface area contributed by atoms with Gasteiger partial charge >= 0.3 is 0 Å². The van der Waals surface area contributed by atoms with Crippen LogP contribution in [0.15, 0.2) is 28.7 Å². The van der Waals surface area contributed by atoms with E-state index < -0.39 is 0 Å². The largest absolute Gasteiger partial charge is 0.312 e. The van der Waals surface area contributed by atoms with Crippen molar-refractivity contribution in [2.75, 3.05) is 6.54 Å². The summed E-state index contributed by atoms with van der Waals surface area (Å²) in [5.41, 5.74) is 1.46. The van der Waals surface area contributed by atoms with Gasteiger partial charge in [0.2, 0.25) is 0 Å². The van der Waals surface area contributed by atoms with Crippen LogP contribution in [-0.4, -0.2) is 22.3 Å². The van der Waals surface area contributed by atoms with Gasteiger partial charge in [-0.25, -0.2) is 0 Å². The molecule has 0 aliphatic rings. The predicted molar refractivity (Wildman–Crippen MR) is 92.9 cm³/mol. The Balaban J connectivity index is 1.80. The molecule has 114 valence electrons. The number of rotatable bonds is 6. The van der Waals surface area contributed by atoms with E-state index in [1.165, 1.54) is 5.56 Å². The molecule has 0 aliphatic carbocycles. The smallest absolute Gasteiger partial charge is 0.121 e. The number of nitrogens with one attached hydrogen (secondary N) is 1. The Morgan fingerprint density at radius 2 is 1.76 bits per heavy atom. The molecule has 0 aliphatic heterocycles. The number of aryl methyl sites for hydroxylation is 1. The molecule has 1 N–H and O–H groups in total. The van der Waals surface area contributed by atoms with E-state index in [4.69, 9.17) is 0 Å². The first-order chi connectivity index (χ1) is 9.92. The van der Waals surface area contributed by atoms with Crippen molar-refractivity contribution in [1.82, 2.24) is 15.5 Å². The molecule has 2 rings (SSSR count). The van der Waals surface area contributed by atoms with Crippen molar-refractivity contribution in [3.8, 4) is 0 Å². The lowest BCUT2D eigenvalue weighted by Gasteiger charge is -2.20. The Labute approximate surface area is 139 Å². The average molecular weight is 368 g/mol. The Morgan fingerprint density at radius 1 is 1.10 bits per heavy atom. The molecule has 0 bridgehead atoms. The molecular formula is C16H22BrN3S. The third-order valence-corrected chi connectivity index (χ3v) is 4.51. The molecule has 3 nitrogen and oxygen atoms in total. The summed E-state index contributed by atoms with van der Waals surface area (Å²) in [4.78, 5) is 0. The van der Waals surface area contributed by atoms with Crippen LogP contribution in [0, 0.1) is 0 Å². The Bertz CT molecular complexity index is 558. The summed E-state index contributed by atoms with van der Waals surface area (Å²) in [6.45, 7) is 7.59. The van der Waals surface area contributed by atoms with Gasteiger partial charge in [-0.05, 0) is 51.4 Å². The van der Waals surface area contributed by atoms with E-state index in [1.54, 1.807) is 11.3 Å². The van der Waals surface area contributed by atoms with E-state index in [9.17, 15) is 0 Å². The Hall–Kier alpha value is -0.780. The van der Waals surface area contributed by atoms with E-state index in [1.807, 2.05) is 0 Å². The second-order valence-corrected chi connectivity index (χ2v) is 8.24. The first kappa shape index (κ1) is 16.6. The average Bonchev–Trinajstić information content (AvgIpc) is 2.84. The number of nitrogens with zero attached hydrogens (tertiary/aromatic N) is 2. The normalized spacial score (nSPS) is 11.8. The maximum atomic E-state index is 4.30. The second-order valence-electron chi connectivity index (χ2n) is 6.17. The lowest BCUT2D eigenvalue weighted by molar-refractivity contribution is 0.422. The predicted octanol–water partition coefficient (Wildman–Crippen LogP) is 4.21. The van der Waals surface area contributed by atoms with Gasteiger partial charge < -0.3 is 5.32 Å². The number of benzene rings is 1. The van der Waals surface area contributed by atoms with E-state index in [0.29, 0.717) is 0 Å². The molecule has 1 aromatic heterocycles. The van der Waals surface area contributed by atoms with Crippen molar-refractivity contribution in [2.45, 2.75) is 45.6 Å². The molecular weight excluding hydrogens is 346 g/mol. The highest BCUT2D eigenvalue weighted by Gasteiger charge is 2.09. The summed E-state index contributed by atoms with van der Waals surface area (Å²) < 4.78 is 1.11. The van der Waals surface area contributed by atoms with Crippen molar-refractivity contribution >= 4 is 27.3 Å². The van der Waals surface area contributed by atoms with Gasteiger partial charge in [0.15, 0.2) is 0 Å². The van der Waals surface area contributed by atoms with Gasteiger partial charge in [-0.3, -0.25) is 0 Å². The molecule has 5 heteroatoms. The topological polar surface area (TPSA) is 37.8 Å². The van der Waals surface area contributed by atoms with Gasteiger partial charge in [-0.15, -0.1) is 21.5 Å². The van der Waals surface area contributed by atoms with Crippen molar-refractivity contribution in [3.05, 3.63) is 44.3 Å². The van der Waals surface area contributed by atoms with Crippen LogP contribution in [0.4, 0.5) is 0 Å². The summed E-state index contributed by atoms with van der Waals surface area (Å²) in [6.07, 6.45) is 2.97. The van der Waals surface area contributed by atoms with Gasteiger partial charge in [0.05, 0.1) is 0 Å². The summed E-state index contributed by atoms with van der Waals surface area (Å²) in [5.74, 6) is 0. The van der Waals surface area contributed by atoms with Gasteiger partial charge in [-0.2, -0.15) is 0 Å². The number of hydrogen-bond acceptors (Lipinski definition) is 4. The number of halogens is 1. The molecule has 0 atom stereocenters. The minimum atomic E-state index is 0.188. The fourth-order valence-corrected chi connectivity index (χ4v) is 3.13. The SMILES string of the molecule is CC(C)(C)NCCCc1nnc(Cc2ccc(Br)cc2)s1. The van der Waals surface area contributed by atoms with Crippen molar-refractivity contribution in [1.29, 1.82) is 0 Å². The molecule has 0 amide bonds. The highest BCUT2D eigenvalue weighted by molar-refractivity contribution is 9.10. The zero-order chi connectivity index (χ0) is 15.3. The van der Waals surface area contributed by atoms with Crippen LogP contribution in [0.1, 0.15) is 42.8 Å². The molecule has 0 saturated carbocycles. The molecule has 1 aromatic carbocycles. The standard InChI is InChI=1S/C16H22BrN3S/c1-16(2,3)18-10-4-5-14-19-20-15(21-14)11-12-6-8-13(17)9-7-12/h6-9,18H,4-5,10-11H2,1-3H3.